The number of nitrogens with one attached hydrogen (secondary N) is 1. The van der Waals surface area contributed by atoms with Gasteiger partial charge in [-0.1, -0.05) is 47.5 Å². The van der Waals surface area contributed by atoms with E-state index in [-0.39, 0.29) is 5.91 Å². The summed E-state index contributed by atoms with van der Waals surface area (Å²) in [6, 6.07) is 13.8. The summed E-state index contributed by atoms with van der Waals surface area (Å²) in [5, 5.41) is 3.59. The Morgan fingerprint density at radius 3 is 2.65 bits per heavy atom. The fourth-order valence-electron chi connectivity index (χ4n) is 2.71. The fourth-order valence-corrected chi connectivity index (χ4v) is 4.19. The van der Waals surface area contributed by atoms with Gasteiger partial charge in [0, 0.05) is 20.5 Å². The highest BCUT2D eigenvalue weighted by Gasteiger charge is 2.16. The number of aromatic nitrogens is 1. The van der Waals surface area contributed by atoms with Crippen LogP contribution in [-0.2, 0) is 6.42 Å². The Bertz CT molecular complexity index is 949. The van der Waals surface area contributed by atoms with Crippen LogP contribution >= 0.6 is 27.3 Å². The number of aryl methyl sites for hydroxylation is 3. The summed E-state index contributed by atoms with van der Waals surface area (Å²) in [5.41, 5.74) is 5.21. The summed E-state index contributed by atoms with van der Waals surface area (Å²) >= 11 is 4.96. The summed E-state index contributed by atoms with van der Waals surface area (Å²) in [4.78, 5) is 18.5. The van der Waals surface area contributed by atoms with E-state index in [2.05, 4.69) is 60.2 Å². The summed E-state index contributed by atoms with van der Waals surface area (Å²) in [6.45, 7) is 6.38. The first-order valence-electron chi connectivity index (χ1n) is 8.62. The van der Waals surface area contributed by atoms with Crippen LogP contribution in [0.15, 0.2) is 46.9 Å². The number of carbonyl (C=O) groups excluding carboxylic acids is 1. The predicted octanol–water partition coefficient (Wildman–Crippen LogP) is 6.39. The van der Waals surface area contributed by atoms with E-state index in [9.17, 15) is 4.79 Å². The van der Waals surface area contributed by atoms with Crippen LogP contribution in [0.3, 0.4) is 0 Å². The molecule has 0 bridgehead atoms. The first-order chi connectivity index (χ1) is 12.5. The molecule has 3 aromatic rings. The molecule has 0 saturated heterocycles. The number of benzene rings is 2. The first-order valence-corrected chi connectivity index (χ1v) is 10.2. The van der Waals surface area contributed by atoms with Crippen LogP contribution < -0.4 is 5.32 Å². The molecule has 2 aromatic carbocycles. The van der Waals surface area contributed by atoms with E-state index in [4.69, 9.17) is 4.98 Å². The number of hydrogen-bond acceptors (Lipinski definition) is 3. The second-order valence-electron chi connectivity index (χ2n) is 6.30. The number of anilines is 1. The van der Waals surface area contributed by atoms with Crippen LogP contribution in [0.25, 0.3) is 11.3 Å². The maximum Gasteiger partial charge on any atom is 0.257 e. The standard InChI is InChI=1S/C21H21BrN2OS/c1-4-6-18-19(15-10-9-13(2)14(3)11-15)23-21(26-18)24-20(25)16-7-5-8-17(22)12-16/h5,7-12H,4,6H2,1-3H3,(H,23,24,25). The molecule has 0 fully saturated rings. The molecular formula is C21H21BrN2OS. The lowest BCUT2D eigenvalue weighted by molar-refractivity contribution is 0.102. The van der Waals surface area contributed by atoms with Crippen molar-refractivity contribution in [2.45, 2.75) is 33.6 Å². The van der Waals surface area contributed by atoms with Crippen molar-refractivity contribution in [3.05, 3.63) is 68.5 Å². The van der Waals surface area contributed by atoms with Gasteiger partial charge in [-0.15, -0.1) is 11.3 Å². The third-order valence-corrected chi connectivity index (χ3v) is 5.79. The number of rotatable bonds is 5. The monoisotopic (exact) mass is 428 g/mol. The van der Waals surface area contributed by atoms with Gasteiger partial charge in [0.25, 0.3) is 5.91 Å². The highest BCUT2D eigenvalue weighted by molar-refractivity contribution is 9.10. The molecular weight excluding hydrogens is 408 g/mol. The van der Waals surface area contributed by atoms with Crippen LogP contribution in [0.4, 0.5) is 5.13 Å². The van der Waals surface area contributed by atoms with Gasteiger partial charge in [-0.05, 0) is 55.7 Å². The Morgan fingerprint density at radius 2 is 1.96 bits per heavy atom. The number of carbonyl (C=O) groups is 1. The number of hydrogen-bond donors (Lipinski definition) is 1. The SMILES string of the molecule is CCCc1sc(NC(=O)c2cccc(Br)c2)nc1-c1ccc(C)c(C)c1. The van der Waals surface area contributed by atoms with E-state index >= 15 is 0 Å². The highest BCUT2D eigenvalue weighted by atomic mass is 79.9. The molecule has 3 nitrogen and oxygen atoms in total. The molecule has 0 aliphatic rings. The molecule has 3 rings (SSSR count). The summed E-state index contributed by atoms with van der Waals surface area (Å²) in [5.74, 6) is -0.144. The number of halogens is 1. The summed E-state index contributed by atoms with van der Waals surface area (Å²) in [7, 11) is 0. The molecule has 0 aliphatic carbocycles. The number of thiazole rings is 1. The van der Waals surface area contributed by atoms with Crippen molar-refractivity contribution >= 4 is 38.3 Å². The second-order valence-corrected chi connectivity index (χ2v) is 8.30. The van der Waals surface area contributed by atoms with Gasteiger partial charge in [0.1, 0.15) is 0 Å². The zero-order valence-electron chi connectivity index (χ0n) is 15.1. The van der Waals surface area contributed by atoms with Crippen LogP contribution in [0.1, 0.15) is 39.7 Å². The largest absolute Gasteiger partial charge is 0.298 e. The van der Waals surface area contributed by atoms with E-state index in [0.29, 0.717) is 10.7 Å². The molecule has 1 N–H and O–H groups in total. The highest BCUT2D eigenvalue weighted by Crippen LogP contribution is 2.33. The molecule has 1 amide bonds. The van der Waals surface area contributed by atoms with E-state index in [1.807, 2.05) is 12.1 Å². The number of nitrogens with zero attached hydrogens (tertiary/aromatic N) is 1. The molecule has 0 atom stereocenters. The Kier molecular flexibility index (Phi) is 5.89. The Morgan fingerprint density at radius 1 is 1.15 bits per heavy atom. The van der Waals surface area contributed by atoms with Gasteiger partial charge >= 0.3 is 0 Å². The van der Waals surface area contributed by atoms with Gasteiger partial charge in [-0.2, -0.15) is 0 Å². The summed E-state index contributed by atoms with van der Waals surface area (Å²) < 4.78 is 0.881. The van der Waals surface area contributed by atoms with Gasteiger partial charge in [-0.25, -0.2) is 4.98 Å². The average Bonchev–Trinajstić information content (AvgIpc) is 3.00. The predicted molar refractivity (Wildman–Crippen MR) is 113 cm³/mol. The Hall–Kier alpha value is -1.98. The minimum absolute atomic E-state index is 0.144. The van der Waals surface area contributed by atoms with Crippen molar-refractivity contribution in [3.8, 4) is 11.3 Å². The zero-order chi connectivity index (χ0) is 18.7. The van der Waals surface area contributed by atoms with Crippen LogP contribution in [0.5, 0.6) is 0 Å². The van der Waals surface area contributed by atoms with Crippen molar-refractivity contribution in [2.75, 3.05) is 5.32 Å². The Labute approximate surface area is 166 Å². The fraction of sp³-hybridized carbons (Fsp3) is 0.238. The van der Waals surface area contributed by atoms with E-state index in [0.717, 1.165) is 28.6 Å². The van der Waals surface area contributed by atoms with Crippen molar-refractivity contribution in [1.29, 1.82) is 0 Å². The van der Waals surface area contributed by atoms with Gasteiger partial charge < -0.3 is 0 Å². The smallest absolute Gasteiger partial charge is 0.257 e. The van der Waals surface area contributed by atoms with Crippen molar-refractivity contribution in [3.63, 3.8) is 0 Å². The van der Waals surface area contributed by atoms with E-state index in [1.165, 1.54) is 16.0 Å². The normalized spacial score (nSPS) is 10.8. The van der Waals surface area contributed by atoms with E-state index in [1.54, 1.807) is 23.5 Å². The van der Waals surface area contributed by atoms with E-state index < -0.39 is 0 Å². The molecule has 0 saturated carbocycles. The minimum atomic E-state index is -0.144. The van der Waals surface area contributed by atoms with Crippen LogP contribution in [-0.4, -0.2) is 10.9 Å². The lowest BCUT2D eigenvalue weighted by Gasteiger charge is -2.05. The molecule has 0 unspecified atom stereocenters. The van der Waals surface area contributed by atoms with Crippen LogP contribution in [0, 0.1) is 13.8 Å². The Balaban J connectivity index is 1.91. The van der Waals surface area contributed by atoms with Gasteiger partial charge in [-0.3, -0.25) is 10.1 Å². The van der Waals surface area contributed by atoms with Crippen molar-refractivity contribution in [1.82, 2.24) is 4.98 Å². The molecule has 5 heteroatoms. The quantitative estimate of drug-likeness (QED) is 0.510. The number of amides is 1. The third kappa shape index (κ3) is 4.22. The van der Waals surface area contributed by atoms with Gasteiger partial charge in [0.2, 0.25) is 0 Å². The lowest BCUT2D eigenvalue weighted by Crippen LogP contribution is -2.11. The minimum Gasteiger partial charge on any atom is -0.298 e. The molecule has 1 aromatic heterocycles. The van der Waals surface area contributed by atoms with Gasteiger partial charge in [0.15, 0.2) is 5.13 Å². The van der Waals surface area contributed by atoms with Gasteiger partial charge in [0.05, 0.1) is 5.69 Å². The molecule has 0 radical (unpaired) electrons. The molecule has 1 heterocycles. The summed E-state index contributed by atoms with van der Waals surface area (Å²) in [6.07, 6.45) is 1.99. The molecule has 0 aliphatic heterocycles. The van der Waals surface area contributed by atoms with Crippen molar-refractivity contribution in [2.24, 2.45) is 0 Å². The molecule has 0 spiro atoms. The first kappa shape index (κ1) is 18.8. The third-order valence-electron chi connectivity index (χ3n) is 4.26. The maximum atomic E-state index is 12.5. The zero-order valence-corrected chi connectivity index (χ0v) is 17.5. The molecule has 134 valence electrons. The van der Waals surface area contributed by atoms with Crippen molar-refractivity contribution < 1.29 is 4.79 Å². The lowest BCUT2D eigenvalue weighted by atomic mass is 10.0. The van der Waals surface area contributed by atoms with Crippen LogP contribution in [0.2, 0.25) is 0 Å². The maximum absolute atomic E-state index is 12.5. The average molecular weight is 429 g/mol. The second kappa shape index (κ2) is 8.14. The molecule has 26 heavy (non-hydrogen) atoms. The topological polar surface area (TPSA) is 42.0 Å².